The fourth-order valence-corrected chi connectivity index (χ4v) is 3.04. The van der Waals surface area contributed by atoms with Crippen molar-refractivity contribution in [2.75, 3.05) is 5.32 Å². The largest absolute Gasteiger partial charge is 0.319 e. The van der Waals surface area contributed by atoms with Crippen LogP contribution in [0.5, 0.6) is 0 Å². The quantitative estimate of drug-likeness (QED) is 0.798. The van der Waals surface area contributed by atoms with E-state index in [0.29, 0.717) is 11.8 Å². The number of hydrogen-bond donors (Lipinski definition) is 1. The third-order valence-electron chi connectivity index (χ3n) is 2.63. The molecule has 3 rings (SSSR count). The summed E-state index contributed by atoms with van der Waals surface area (Å²) >= 11 is 2.35. The Morgan fingerprint density at radius 3 is 2.81 bits per heavy atom. The summed E-state index contributed by atoms with van der Waals surface area (Å²) in [6.07, 6.45) is 0. The number of halogens is 2. The summed E-state index contributed by atoms with van der Waals surface area (Å²) in [5.41, 5.74) is 0.363. The van der Waals surface area contributed by atoms with Crippen molar-refractivity contribution < 1.29 is 13.6 Å². The first-order valence-corrected chi connectivity index (χ1v) is 7.43. The van der Waals surface area contributed by atoms with Gasteiger partial charge in [-0.1, -0.05) is 10.6 Å². The number of amides is 1. The number of carbonyl (C=O) groups is 1. The van der Waals surface area contributed by atoms with Gasteiger partial charge in [-0.25, -0.2) is 8.78 Å². The van der Waals surface area contributed by atoms with Crippen molar-refractivity contribution in [1.82, 2.24) is 9.59 Å². The Morgan fingerprint density at radius 1 is 1.24 bits per heavy atom. The Morgan fingerprint density at radius 2 is 2.10 bits per heavy atom. The highest BCUT2D eigenvalue weighted by Crippen LogP contribution is 2.28. The molecule has 1 amide bonds. The number of aromatic nitrogens is 2. The van der Waals surface area contributed by atoms with Crippen LogP contribution in [0.2, 0.25) is 0 Å². The van der Waals surface area contributed by atoms with Crippen molar-refractivity contribution in [2.24, 2.45) is 0 Å². The Balaban J connectivity index is 1.88. The van der Waals surface area contributed by atoms with Gasteiger partial charge < -0.3 is 5.32 Å². The van der Waals surface area contributed by atoms with Gasteiger partial charge in [-0.2, -0.15) is 0 Å². The van der Waals surface area contributed by atoms with Crippen LogP contribution >= 0.6 is 22.9 Å². The van der Waals surface area contributed by atoms with Gasteiger partial charge in [0.05, 0.1) is 10.6 Å². The first kappa shape index (κ1) is 13.8. The Kier molecular flexibility index (Phi) is 3.72. The van der Waals surface area contributed by atoms with E-state index in [1.54, 1.807) is 0 Å². The highest BCUT2D eigenvalue weighted by Gasteiger charge is 2.19. The maximum absolute atomic E-state index is 13.5. The van der Waals surface area contributed by atoms with Gasteiger partial charge in [0.25, 0.3) is 5.91 Å². The lowest BCUT2D eigenvalue weighted by Crippen LogP contribution is -2.12. The first-order chi connectivity index (χ1) is 10.1. The summed E-state index contributed by atoms with van der Waals surface area (Å²) in [5, 5.41) is 8.18. The van der Waals surface area contributed by atoms with Crippen LogP contribution in [0.15, 0.2) is 35.7 Å². The van der Waals surface area contributed by atoms with Crippen LogP contribution < -0.4 is 5.32 Å². The molecule has 0 saturated carbocycles. The van der Waals surface area contributed by atoms with Gasteiger partial charge in [0.15, 0.2) is 0 Å². The highest BCUT2D eigenvalue weighted by atomic mass is 32.1. The predicted octanol–water partition coefficient (Wildman–Crippen LogP) is 3.80. The molecule has 0 saturated heterocycles. The maximum atomic E-state index is 13.5. The Hall–Kier alpha value is -2.19. The van der Waals surface area contributed by atoms with Gasteiger partial charge >= 0.3 is 0 Å². The summed E-state index contributed by atoms with van der Waals surface area (Å²) in [4.78, 5) is 13.3. The third-order valence-corrected chi connectivity index (χ3v) is 4.23. The molecule has 0 spiro atoms. The van der Waals surface area contributed by atoms with Crippen LogP contribution in [0.25, 0.3) is 10.6 Å². The van der Waals surface area contributed by atoms with Gasteiger partial charge in [0, 0.05) is 6.07 Å². The molecule has 21 heavy (non-hydrogen) atoms. The van der Waals surface area contributed by atoms with Crippen molar-refractivity contribution in [2.45, 2.75) is 0 Å². The van der Waals surface area contributed by atoms with Crippen molar-refractivity contribution in [3.8, 4) is 10.6 Å². The van der Waals surface area contributed by atoms with E-state index in [9.17, 15) is 13.6 Å². The molecular formula is C13H7F2N3OS2. The number of benzene rings is 1. The highest BCUT2D eigenvalue weighted by molar-refractivity contribution is 7.14. The molecule has 1 N–H and O–H groups in total. The van der Waals surface area contributed by atoms with E-state index < -0.39 is 17.5 Å². The van der Waals surface area contributed by atoms with Gasteiger partial charge in [0.1, 0.15) is 22.2 Å². The van der Waals surface area contributed by atoms with Crippen LogP contribution in [0.1, 0.15) is 9.67 Å². The first-order valence-electron chi connectivity index (χ1n) is 5.78. The zero-order valence-electron chi connectivity index (χ0n) is 10.3. The fourth-order valence-electron chi connectivity index (χ4n) is 1.68. The summed E-state index contributed by atoms with van der Waals surface area (Å²) in [7, 11) is 0. The number of rotatable bonds is 3. The number of hydrogen-bond acceptors (Lipinski definition) is 5. The average Bonchev–Trinajstić information content (AvgIpc) is 3.10. The SMILES string of the molecule is O=C(Nc1ccc(F)cc1F)c1snnc1-c1cccs1. The molecule has 106 valence electrons. The molecular weight excluding hydrogens is 316 g/mol. The molecule has 2 aromatic heterocycles. The second-order valence-electron chi connectivity index (χ2n) is 4.01. The molecule has 1 aromatic carbocycles. The van der Waals surface area contributed by atoms with Crippen LogP contribution in [-0.4, -0.2) is 15.5 Å². The lowest BCUT2D eigenvalue weighted by Gasteiger charge is -2.05. The molecule has 0 unspecified atom stereocenters. The predicted molar refractivity (Wildman–Crippen MR) is 77.5 cm³/mol. The normalized spacial score (nSPS) is 10.6. The standard InChI is InChI=1S/C13H7F2N3OS2/c14-7-3-4-9(8(15)6-7)16-13(19)12-11(17-18-21-12)10-2-1-5-20-10/h1-6H,(H,16,19). The second-order valence-corrected chi connectivity index (χ2v) is 5.71. The average molecular weight is 323 g/mol. The van der Waals surface area contributed by atoms with Crippen LogP contribution in [-0.2, 0) is 0 Å². The van der Waals surface area contributed by atoms with Crippen LogP contribution in [0, 0.1) is 11.6 Å². The van der Waals surface area contributed by atoms with E-state index in [4.69, 9.17) is 0 Å². The van der Waals surface area contributed by atoms with Crippen molar-refractivity contribution in [3.05, 3.63) is 52.2 Å². The van der Waals surface area contributed by atoms with E-state index in [1.165, 1.54) is 17.4 Å². The smallest absolute Gasteiger partial charge is 0.269 e. The van der Waals surface area contributed by atoms with Crippen LogP contribution in [0.3, 0.4) is 0 Å². The number of anilines is 1. The van der Waals surface area contributed by atoms with Gasteiger partial charge in [-0.15, -0.1) is 16.4 Å². The van der Waals surface area contributed by atoms with Gasteiger partial charge in [0.2, 0.25) is 0 Å². The molecule has 3 aromatic rings. The van der Waals surface area contributed by atoms with Crippen molar-refractivity contribution >= 4 is 34.5 Å². The number of nitrogens with zero attached hydrogens (tertiary/aromatic N) is 2. The molecule has 4 nitrogen and oxygen atoms in total. The van der Waals surface area contributed by atoms with Gasteiger partial charge in [-0.05, 0) is 35.1 Å². The van der Waals surface area contributed by atoms with E-state index >= 15 is 0 Å². The molecule has 0 aliphatic heterocycles. The summed E-state index contributed by atoms with van der Waals surface area (Å²) in [6.45, 7) is 0. The van der Waals surface area contributed by atoms with E-state index in [1.807, 2.05) is 17.5 Å². The van der Waals surface area contributed by atoms with E-state index in [0.717, 1.165) is 22.5 Å². The monoisotopic (exact) mass is 323 g/mol. The summed E-state index contributed by atoms with van der Waals surface area (Å²) in [5.74, 6) is -2.07. The number of thiophene rings is 1. The molecule has 0 bridgehead atoms. The third kappa shape index (κ3) is 2.81. The lowest BCUT2D eigenvalue weighted by atomic mass is 10.2. The Bertz CT molecular complexity index is 787. The minimum Gasteiger partial charge on any atom is -0.319 e. The molecule has 2 heterocycles. The minimum atomic E-state index is -0.835. The van der Waals surface area contributed by atoms with E-state index in [2.05, 4.69) is 14.9 Å². The van der Waals surface area contributed by atoms with Gasteiger partial charge in [-0.3, -0.25) is 4.79 Å². The van der Waals surface area contributed by atoms with Crippen molar-refractivity contribution in [1.29, 1.82) is 0 Å². The lowest BCUT2D eigenvalue weighted by molar-refractivity contribution is 0.103. The Labute approximate surface area is 126 Å². The second kappa shape index (κ2) is 5.66. The molecule has 0 aliphatic rings. The molecule has 0 aliphatic carbocycles. The molecule has 0 fully saturated rings. The molecule has 0 radical (unpaired) electrons. The fraction of sp³-hybridized carbons (Fsp3) is 0. The minimum absolute atomic E-state index is 0.0908. The van der Waals surface area contributed by atoms with Crippen LogP contribution in [0.4, 0.5) is 14.5 Å². The van der Waals surface area contributed by atoms with E-state index in [-0.39, 0.29) is 10.6 Å². The van der Waals surface area contributed by atoms with Crippen molar-refractivity contribution in [3.63, 3.8) is 0 Å². The topological polar surface area (TPSA) is 54.9 Å². The maximum Gasteiger partial charge on any atom is 0.269 e. The molecule has 8 heteroatoms. The number of carbonyl (C=O) groups excluding carboxylic acids is 1. The zero-order chi connectivity index (χ0) is 14.8. The summed E-state index contributed by atoms with van der Waals surface area (Å²) in [6, 6.07) is 6.60. The zero-order valence-corrected chi connectivity index (χ0v) is 12.0. The molecule has 0 atom stereocenters. The number of nitrogens with one attached hydrogen (secondary N) is 1. The summed E-state index contributed by atoms with van der Waals surface area (Å²) < 4.78 is 30.1.